The van der Waals surface area contributed by atoms with E-state index in [1.807, 2.05) is 0 Å². The topological polar surface area (TPSA) is 20.2 Å². The quantitative estimate of drug-likeness (QED) is 0.699. The minimum absolute atomic E-state index is 0.218. The minimum Gasteiger partial charge on any atom is -0.389 e. The van der Waals surface area contributed by atoms with Gasteiger partial charge in [-0.25, -0.2) is 0 Å². The number of hydrogen-bond acceptors (Lipinski definition) is 1. The zero-order valence-electron chi connectivity index (χ0n) is 9.92. The molecule has 1 N–H and O–H groups in total. The average Bonchev–Trinajstić information content (AvgIpc) is 2.59. The van der Waals surface area contributed by atoms with Gasteiger partial charge in [-0.15, -0.1) is 0 Å². The number of rotatable bonds is 1. The molecule has 0 aromatic heterocycles. The first kappa shape index (κ1) is 9.04. The van der Waals surface area contributed by atoms with Gasteiger partial charge in [0.25, 0.3) is 0 Å². The molecule has 0 aromatic carbocycles. The van der Waals surface area contributed by atoms with E-state index in [4.69, 9.17) is 0 Å². The highest BCUT2D eigenvalue weighted by atomic mass is 16.3. The largest absolute Gasteiger partial charge is 0.389 e. The van der Waals surface area contributed by atoms with Crippen LogP contribution in [0, 0.1) is 28.6 Å². The first-order chi connectivity index (χ1) is 7.04. The Morgan fingerprint density at radius 1 is 1.07 bits per heavy atom. The molecule has 0 radical (unpaired) electrons. The van der Waals surface area contributed by atoms with Crippen molar-refractivity contribution in [2.45, 2.75) is 58.0 Å². The predicted octanol–water partition coefficient (Wildman–Crippen LogP) is 2.97. The Kier molecular flexibility index (Phi) is 1.30. The summed E-state index contributed by atoms with van der Waals surface area (Å²) in [6.45, 7) is 4.87. The lowest BCUT2D eigenvalue weighted by Crippen LogP contribution is -2.57. The maximum absolute atomic E-state index is 10.7. The molecule has 4 fully saturated rings. The normalized spacial score (nSPS) is 69.4. The molecule has 0 aromatic rings. The molecule has 0 heterocycles. The van der Waals surface area contributed by atoms with Crippen LogP contribution < -0.4 is 0 Å². The van der Waals surface area contributed by atoms with Crippen LogP contribution in [0.4, 0.5) is 0 Å². The second-order valence-electron chi connectivity index (χ2n) is 7.19. The van der Waals surface area contributed by atoms with Crippen LogP contribution in [-0.2, 0) is 0 Å². The highest BCUT2D eigenvalue weighted by molar-refractivity contribution is 5.27. The van der Waals surface area contributed by atoms with E-state index in [0.29, 0.717) is 10.8 Å². The second kappa shape index (κ2) is 2.16. The molecule has 0 aliphatic heterocycles. The summed E-state index contributed by atoms with van der Waals surface area (Å²) >= 11 is 0. The molecule has 6 atom stereocenters. The summed E-state index contributed by atoms with van der Waals surface area (Å²) in [6.07, 6.45) is 7.73. The number of fused-ring (bicyclic) bond motifs is 2. The SMILES string of the molecule is CC[C@]1(C)C2CC3CC4(O)CC1C[C@]34C2. The summed E-state index contributed by atoms with van der Waals surface area (Å²) < 4.78 is 0. The summed E-state index contributed by atoms with van der Waals surface area (Å²) in [6, 6.07) is 0. The molecule has 4 unspecified atom stereocenters. The lowest BCUT2D eigenvalue weighted by atomic mass is 9.52. The van der Waals surface area contributed by atoms with Crippen molar-refractivity contribution < 1.29 is 5.11 Å². The minimum atomic E-state index is -0.218. The standard InChI is InChI=1S/C14H22O/c1-3-12(2)9-4-10-7-14(15)8-11(12)6-13(10,14)5-9/h9-11,15H,3-8H2,1-2H3/t9?,10?,11?,12-,13-,14?/m1/s1. The van der Waals surface area contributed by atoms with Crippen LogP contribution in [0.3, 0.4) is 0 Å². The molecule has 4 aliphatic rings. The monoisotopic (exact) mass is 206 g/mol. The van der Waals surface area contributed by atoms with Gasteiger partial charge in [-0.05, 0) is 55.3 Å². The van der Waals surface area contributed by atoms with Crippen LogP contribution >= 0.6 is 0 Å². The third-order valence-corrected chi connectivity index (χ3v) is 7.29. The summed E-state index contributed by atoms with van der Waals surface area (Å²) in [7, 11) is 0. The van der Waals surface area contributed by atoms with Crippen LogP contribution in [0.5, 0.6) is 0 Å². The Balaban J connectivity index is 1.85. The molecule has 84 valence electrons. The van der Waals surface area contributed by atoms with Crippen molar-refractivity contribution in [2.24, 2.45) is 28.6 Å². The van der Waals surface area contributed by atoms with Crippen molar-refractivity contribution in [2.75, 3.05) is 0 Å². The molecule has 4 aliphatic carbocycles. The van der Waals surface area contributed by atoms with Gasteiger partial charge in [0.1, 0.15) is 0 Å². The fourth-order valence-electron chi connectivity index (χ4n) is 6.11. The summed E-state index contributed by atoms with van der Waals surface area (Å²) in [5.74, 6) is 2.66. The van der Waals surface area contributed by atoms with Crippen molar-refractivity contribution >= 4 is 0 Å². The van der Waals surface area contributed by atoms with Gasteiger partial charge in [0.2, 0.25) is 0 Å². The van der Waals surface area contributed by atoms with Gasteiger partial charge in [0.15, 0.2) is 0 Å². The third kappa shape index (κ3) is 0.686. The van der Waals surface area contributed by atoms with Crippen LogP contribution in [0.25, 0.3) is 0 Å². The van der Waals surface area contributed by atoms with Gasteiger partial charge < -0.3 is 5.11 Å². The summed E-state index contributed by atoms with van der Waals surface area (Å²) in [5, 5.41) is 10.7. The lowest BCUT2D eigenvalue weighted by Gasteiger charge is -2.55. The average molecular weight is 206 g/mol. The van der Waals surface area contributed by atoms with E-state index in [0.717, 1.165) is 30.6 Å². The van der Waals surface area contributed by atoms with Crippen molar-refractivity contribution in [1.29, 1.82) is 0 Å². The van der Waals surface area contributed by atoms with E-state index in [-0.39, 0.29) is 5.60 Å². The fraction of sp³-hybridized carbons (Fsp3) is 1.00. The van der Waals surface area contributed by atoms with Crippen molar-refractivity contribution in [1.82, 2.24) is 0 Å². The zero-order chi connectivity index (χ0) is 10.5. The fourth-order valence-corrected chi connectivity index (χ4v) is 6.11. The molecule has 1 spiro atoms. The Hall–Kier alpha value is -0.0400. The molecule has 4 saturated carbocycles. The molecular formula is C14H22O. The number of aliphatic hydroxyl groups is 1. The van der Waals surface area contributed by atoms with Crippen molar-refractivity contribution in [3.8, 4) is 0 Å². The Morgan fingerprint density at radius 2 is 1.73 bits per heavy atom. The highest BCUT2D eigenvalue weighted by Crippen LogP contribution is 2.81. The molecular weight excluding hydrogens is 184 g/mol. The Bertz CT molecular complexity index is 334. The van der Waals surface area contributed by atoms with Crippen LogP contribution in [0.2, 0.25) is 0 Å². The highest BCUT2D eigenvalue weighted by Gasteiger charge is 2.77. The van der Waals surface area contributed by atoms with E-state index in [1.54, 1.807) is 0 Å². The Labute approximate surface area is 92.3 Å². The lowest BCUT2D eigenvalue weighted by molar-refractivity contribution is -0.176. The zero-order valence-corrected chi connectivity index (χ0v) is 9.92. The Morgan fingerprint density at radius 3 is 2.47 bits per heavy atom. The molecule has 15 heavy (non-hydrogen) atoms. The maximum Gasteiger partial charge on any atom is 0.0712 e. The molecule has 1 heteroatoms. The van der Waals surface area contributed by atoms with Gasteiger partial charge in [-0.3, -0.25) is 0 Å². The molecule has 1 nitrogen and oxygen atoms in total. The van der Waals surface area contributed by atoms with E-state index in [1.165, 1.54) is 25.7 Å². The predicted molar refractivity (Wildman–Crippen MR) is 59.3 cm³/mol. The van der Waals surface area contributed by atoms with Crippen LogP contribution in [-0.4, -0.2) is 10.7 Å². The van der Waals surface area contributed by atoms with E-state index in [2.05, 4.69) is 13.8 Å². The van der Waals surface area contributed by atoms with Gasteiger partial charge >= 0.3 is 0 Å². The van der Waals surface area contributed by atoms with Crippen LogP contribution in [0.15, 0.2) is 0 Å². The molecule has 0 saturated heterocycles. The molecule has 4 rings (SSSR count). The van der Waals surface area contributed by atoms with Gasteiger partial charge in [0.05, 0.1) is 5.60 Å². The van der Waals surface area contributed by atoms with E-state index < -0.39 is 0 Å². The first-order valence-electron chi connectivity index (χ1n) is 6.76. The molecule has 0 amide bonds. The van der Waals surface area contributed by atoms with E-state index in [9.17, 15) is 5.11 Å². The summed E-state index contributed by atoms with van der Waals surface area (Å²) in [5.41, 5.74) is 0.754. The van der Waals surface area contributed by atoms with Crippen LogP contribution in [0.1, 0.15) is 52.4 Å². The van der Waals surface area contributed by atoms with E-state index >= 15 is 0 Å². The second-order valence-corrected chi connectivity index (χ2v) is 7.19. The molecule has 3 bridgehead atoms. The third-order valence-electron chi connectivity index (χ3n) is 7.29. The maximum atomic E-state index is 10.7. The van der Waals surface area contributed by atoms with Crippen molar-refractivity contribution in [3.63, 3.8) is 0 Å². The first-order valence-corrected chi connectivity index (χ1v) is 6.76. The summed E-state index contributed by atoms with van der Waals surface area (Å²) in [4.78, 5) is 0. The van der Waals surface area contributed by atoms with Gasteiger partial charge in [-0.2, -0.15) is 0 Å². The number of hydrogen-bond donors (Lipinski definition) is 1. The smallest absolute Gasteiger partial charge is 0.0712 e. The van der Waals surface area contributed by atoms with Gasteiger partial charge in [0, 0.05) is 5.41 Å². The van der Waals surface area contributed by atoms with Crippen molar-refractivity contribution in [3.05, 3.63) is 0 Å². The van der Waals surface area contributed by atoms with Gasteiger partial charge in [-0.1, -0.05) is 20.3 Å².